The van der Waals surface area contributed by atoms with Crippen LogP contribution in [0.3, 0.4) is 0 Å². The summed E-state index contributed by atoms with van der Waals surface area (Å²) in [7, 11) is 0. The highest BCUT2D eigenvalue weighted by Gasteiger charge is 2.36. The van der Waals surface area contributed by atoms with E-state index in [9.17, 15) is 14.0 Å². The summed E-state index contributed by atoms with van der Waals surface area (Å²) in [4.78, 5) is 26.1. The summed E-state index contributed by atoms with van der Waals surface area (Å²) in [5.74, 6) is -0.750. The fourth-order valence-electron chi connectivity index (χ4n) is 2.99. The van der Waals surface area contributed by atoms with Gasteiger partial charge in [-0.15, -0.1) is 0 Å². The molecule has 2 aromatic rings. The second kappa shape index (κ2) is 7.56. The quantitative estimate of drug-likeness (QED) is 0.892. The molecule has 5 nitrogen and oxygen atoms in total. The molecule has 26 heavy (non-hydrogen) atoms. The molecule has 1 N–H and O–H groups in total. The van der Waals surface area contributed by atoms with E-state index in [2.05, 4.69) is 5.32 Å². The van der Waals surface area contributed by atoms with Crippen molar-refractivity contribution in [3.63, 3.8) is 0 Å². The van der Waals surface area contributed by atoms with Gasteiger partial charge in [-0.2, -0.15) is 0 Å². The maximum atomic E-state index is 14.1. The summed E-state index contributed by atoms with van der Waals surface area (Å²) in [6.45, 7) is 4.42. The lowest BCUT2D eigenvalue weighted by Crippen LogP contribution is -2.28. The Morgan fingerprint density at radius 3 is 2.65 bits per heavy atom. The first-order chi connectivity index (χ1) is 12.5. The summed E-state index contributed by atoms with van der Waals surface area (Å²) in [5, 5.41) is 2.80. The molecule has 1 aliphatic rings. The predicted molar refractivity (Wildman–Crippen MR) is 97.8 cm³/mol. The lowest BCUT2D eigenvalue weighted by atomic mass is 10.1. The number of hydrogen-bond donors (Lipinski definition) is 1. The molecule has 6 heteroatoms. The van der Waals surface area contributed by atoms with E-state index in [4.69, 9.17) is 4.74 Å². The number of carbonyl (C=O) groups is 2. The van der Waals surface area contributed by atoms with Crippen molar-refractivity contribution in [2.75, 3.05) is 23.4 Å². The maximum Gasteiger partial charge on any atom is 0.229 e. The number of amides is 2. The van der Waals surface area contributed by atoms with Crippen molar-refractivity contribution in [1.29, 1.82) is 0 Å². The monoisotopic (exact) mass is 356 g/mol. The lowest BCUT2D eigenvalue weighted by Gasteiger charge is -2.18. The van der Waals surface area contributed by atoms with Gasteiger partial charge in [-0.25, -0.2) is 4.39 Å². The van der Waals surface area contributed by atoms with Crippen LogP contribution in [0.5, 0.6) is 5.75 Å². The first kappa shape index (κ1) is 17.9. The first-order valence-electron chi connectivity index (χ1n) is 8.58. The number of nitrogens with zero attached hydrogens (tertiary/aromatic N) is 1. The van der Waals surface area contributed by atoms with Gasteiger partial charge in [-0.1, -0.05) is 6.07 Å². The smallest absolute Gasteiger partial charge is 0.229 e. The number of halogens is 1. The first-order valence-corrected chi connectivity index (χ1v) is 8.58. The van der Waals surface area contributed by atoms with E-state index >= 15 is 0 Å². The largest absolute Gasteiger partial charge is 0.494 e. The SMILES string of the molecule is CCOc1ccc(NC(=O)C2CC(=O)N(c3ccc(C)cc3F)C2)cc1. The van der Waals surface area contributed by atoms with Gasteiger partial charge in [0.2, 0.25) is 11.8 Å². The van der Waals surface area contributed by atoms with Crippen LogP contribution in [0.4, 0.5) is 15.8 Å². The number of hydrogen-bond acceptors (Lipinski definition) is 3. The molecule has 1 saturated heterocycles. The van der Waals surface area contributed by atoms with Crippen LogP contribution in [0, 0.1) is 18.7 Å². The Bertz CT molecular complexity index is 820. The molecule has 1 atom stereocenters. The van der Waals surface area contributed by atoms with Crippen molar-refractivity contribution < 1.29 is 18.7 Å². The molecule has 0 radical (unpaired) electrons. The Kier molecular flexibility index (Phi) is 5.21. The van der Waals surface area contributed by atoms with Gasteiger partial charge in [0.25, 0.3) is 0 Å². The van der Waals surface area contributed by atoms with Crippen LogP contribution in [0.15, 0.2) is 42.5 Å². The Hall–Kier alpha value is -2.89. The zero-order chi connectivity index (χ0) is 18.7. The Morgan fingerprint density at radius 2 is 2.00 bits per heavy atom. The minimum atomic E-state index is -0.519. The van der Waals surface area contributed by atoms with Gasteiger partial charge >= 0.3 is 0 Å². The molecule has 1 aliphatic heterocycles. The van der Waals surface area contributed by atoms with E-state index in [1.54, 1.807) is 43.3 Å². The molecule has 1 unspecified atom stereocenters. The standard InChI is InChI=1S/C20H21FN2O3/c1-3-26-16-7-5-15(6-8-16)22-20(25)14-11-19(24)23(12-14)18-9-4-13(2)10-17(18)21/h4-10,14H,3,11-12H2,1-2H3,(H,22,25). The highest BCUT2D eigenvalue weighted by Crippen LogP contribution is 2.29. The zero-order valence-corrected chi connectivity index (χ0v) is 14.8. The van der Waals surface area contributed by atoms with Gasteiger partial charge in [0.15, 0.2) is 0 Å². The third-order valence-corrected chi connectivity index (χ3v) is 4.32. The molecule has 2 amide bonds. The summed E-state index contributed by atoms with van der Waals surface area (Å²) in [6, 6.07) is 11.7. The number of aryl methyl sites for hydroxylation is 1. The van der Waals surface area contributed by atoms with Crippen LogP contribution < -0.4 is 15.0 Å². The Balaban J connectivity index is 1.66. The van der Waals surface area contributed by atoms with Crippen LogP contribution in [0.25, 0.3) is 0 Å². The Morgan fingerprint density at radius 1 is 1.27 bits per heavy atom. The van der Waals surface area contributed by atoms with E-state index in [1.165, 1.54) is 11.0 Å². The van der Waals surface area contributed by atoms with Crippen molar-refractivity contribution >= 4 is 23.2 Å². The number of anilines is 2. The molecular formula is C20H21FN2O3. The molecule has 0 bridgehead atoms. The summed E-state index contributed by atoms with van der Waals surface area (Å²) in [6.07, 6.45) is 0.0657. The molecule has 1 heterocycles. The molecule has 0 saturated carbocycles. The average molecular weight is 356 g/mol. The number of rotatable bonds is 5. The van der Waals surface area contributed by atoms with E-state index in [0.717, 1.165) is 11.3 Å². The second-order valence-corrected chi connectivity index (χ2v) is 6.31. The van der Waals surface area contributed by atoms with Gasteiger partial charge in [-0.05, 0) is 55.8 Å². The highest BCUT2D eigenvalue weighted by molar-refractivity contribution is 6.03. The van der Waals surface area contributed by atoms with E-state index in [-0.39, 0.29) is 30.5 Å². The number of nitrogens with one attached hydrogen (secondary N) is 1. The topological polar surface area (TPSA) is 58.6 Å². The molecule has 0 aromatic heterocycles. The third-order valence-electron chi connectivity index (χ3n) is 4.32. The molecule has 1 fully saturated rings. The van der Waals surface area contributed by atoms with E-state index in [1.807, 2.05) is 6.92 Å². The predicted octanol–water partition coefficient (Wildman–Crippen LogP) is 3.52. The van der Waals surface area contributed by atoms with E-state index < -0.39 is 11.7 Å². The van der Waals surface area contributed by atoms with Gasteiger partial charge in [0.05, 0.1) is 18.2 Å². The minimum absolute atomic E-state index is 0.0657. The van der Waals surface area contributed by atoms with Crippen molar-refractivity contribution in [2.24, 2.45) is 5.92 Å². The van der Waals surface area contributed by atoms with Crippen LogP contribution in [-0.2, 0) is 9.59 Å². The van der Waals surface area contributed by atoms with Crippen LogP contribution in [0.1, 0.15) is 18.9 Å². The molecule has 3 rings (SSSR count). The van der Waals surface area contributed by atoms with Crippen molar-refractivity contribution in [2.45, 2.75) is 20.3 Å². The second-order valence-electron chi connectivity index (χ2n) is 6.31. The zero-order valence-electron chi connectivity index (χ0n) is 14.8. The summed E-state index contributed by atoms with van der Waals surface area (Å²) >= 11 is 0. The number of benzene rings is 2. The highest BCUT2D eigenvalue weighted by atomic mass is 19.1. The van der Waals surface area contributed by atoms with Crippen LogP contribution >= 0.6 is 0 Å². The van der Waals surface area contributed by atoms with E-state index in [0.29, 0.717) is 12.3 Å². The normalized spacial score (nSPS) is 16.7. The lowest BCUT2D eigenvalue weighted by molar-refractivity contribution is -0.122. The van der Waals surface area contributed by atoms with Gasteiger partial charge in [0.1, 0.15) is 11.6 Å². The van der Waals surface area contributed by atoms with Gasteiger partial charge < -0.3 is 15.0 Å². The van der Waals surface area contributed by atoms with Gasteiger partial charge in [0, 0.05) is 18.7 Å². The molecule has 136 valence electrons. The fraction of sp³-hybridized carbons (Fsp3) is 0.300. The van der Waals surface area contributed by atoms with Crippen LogP contribution in [0.2, 0.25) is 0 Å². The minimum Gasteiger partial charge on any atom is -0.494 e. The Labute approximate surface area is 151 Å². The molecule has 2 aromatic carbocycles. The summed E-state index contributed by atoms with van der Waals surface area (Å²) in [5.41, 5.74) is 1.63. The van der Waals surface area contributed by atoms with Crippen molar-refractivity contribution in [3.8, 4) is 5.75 Å². The average Bonchev–Trinajstić information content (AvgIpc) is 2.99. The molecular weight excluding hydrogens is 335 g/mol. The van der Waals surface area contributed by atoms with Crippen molar-refractivity contribution in [1.82, 2.24) is 0 Å². The van der Waals surface area contributed by atoms with Gasteiger partial charge in [-0.3, -0.25) is 9.59 Å². The van der Waals surface area contributed by atoms with Crippen LogP contribution in [-0.4, -0.2) is 25.0 Å². The maximum absolute atomic E-state index is 14.1. The van der Waals surface area contributed by atoms with Crippen molar-refractivity contribution in [3.05, 3.63) is 53.8 Å². The fourth-order valence-corrected chi connectivity index (χ4v) is 2.99. The molecule has 0 spiro atoms. The number of ether oxygens (including phenoxy) is 1. The summed E-state index contributed by atoms with van der Waals surface area (Å²) < 4.78 is 19.5. The molecule has 0 aliphatic carbocycles. The third kappa shape index (κ3) is 3.85. The number of carbonyl (C=O) groups excluding carboxylic acids is 2.